The van der Waals surface area contributed by atoms with Gasteiger partial charge in [0.15, 0.2) is 0 Å². The number of carbonyl (C=O) groups is 2. The number of amides is 2. The van der Waals surface area contributed by atoms with E-state index in [0.29, 0.717) is 13.0 Å². The predicted molar refractivity (Wildman–Crippen MR) is 61.7 cm³/mol. The fourth-order valence-corrected chi connectivity index (χ4v) is 2.08. The van der Waals surface area contributed by atoms with Crippen molar-refractivity contribution in [3.8, 4) is 0 Å². The van der Waals surface area contributed by atoms with Crippen molar-refractivity contribution in [1.82, 2.24) is 10.6 Å². The Kier molecular flexibility index (Phi) is 4.73. The zero-order valence-electron chi connectivity index (χ0n) is 9.84. The van der Waals surface area contributed by atoms with Gasteiger partial charge in [0.25, 0.3) is 0 Å². The molecular weight excluding hydrogens is 206 g/mol. The first-order chi connectivity index (χ1) is 7.56. The predicted octanol–water partition coefficient (Wildman–Crippen LogP) is -0.0997. The molecule has 0 bridgehead atoms. The Morgan fingerprint density at radius 1 is 1.19 bits per heavy atom. The summed E-state index contributed by atoms with van der Waals surface area (Å²) >= 11 is 0. The van der Waals surface area contributed by atoms with Crippen molar-refractivity contribution in [3.05, 3.63) is 0 Å². The molecule has 0 unspecified atom stereocenters. The minimum Gasteiger partial charge on any atom is -0.355 e. The van der Waals surface area contributed by atoms with Gasteiger partial charge in [-0.3, -0.25) is 9.59 Å². The summed E-state index contributed by atoms with van der Waals surface area (Å²) < 4.78 is 0. The van der Waals surface area contributed by atoms with Crippen molar-refractivity contribution >= 4 is 11.8 Å². The minimum atomic E-state index is -0.342. The van der Waals surface area contributed by atoms with Crippen molar-refractivity contribution in [3.63, 3.8) is 0 Å². The fraction of sp³-hybridized carbons (Fsp3) is 0.818. The van der Waals surface area contributed by atoms with Crippen molar-refractivity contribution in [2.45, 2.75) is 44.6 Å². The van der Waals surface area contributed by atoms with Crippen LogP contribution in [0.3, 0.4) is 0 Å². The summed E-state index contributed by atoms with van der Waals surface area (Å²) in [6, 6.07) is 0. The molecule has 0 radical (unpaired) electrons. The lowest BCUT2D eigenvalue weighted by molar-refractivity contribution is -0.126. The number of rotatable bonds is 5. The van der Waals surface area contributed by atoms with Crippen LogP contribution in [-0.4, -0.2) is 30.4 Å². The van der Waals surface area contributed by atoms with Gasteiger partial charge in [0.05, 0.1) is 6.54 Å². The van der Waals surface area contributed by atoms with E-state index in [9.17, 15) is 9.59 Å². The molecule has 0 aromatic carbocycles. The molecule has 5 nitrogen and oxygen atoms in total. The molecule has 0 heterocycles. The monoisotopic (exact) mass is 227 g/mol. The Balaban J connectivity index is 2.22. The maximum Gasteiger partial charge on any atom is 0.239 e. The van der Waals surface area contributed by atoms with Gasteiger partial charge in [-0.05, 0) is 19.8 Å². The molecule has 1 aliphatic carbocycles. The number of likely N-dealkylation sites (N-methyl/N-ethyl adjacent to an activating group) is 1. The topological polar surface area (TPSA) is 84.2 Å². The largest absolute Gasteiger partial charge is 0.355 e. The molecule has 1 rings (SSSR count). The van der Waals surface area contributed by atoms with E-state index in [4.69, 9.17) is 5.73 Å². The van der Waals surface area contributed by atoms with Gasteiger partial charge in [-0.1, -0.05) is 12.8 Å². The first-order valence-corrected chi connectivity index (χ1v) is 5.88. The van der Waals surface area contributed by atoms with Gasteiger partial charge in [0.1, 0.15) is 0 Å². The van der Waals surface area contributed by atoms with Crippen LogP contribution in [-0.2, 0) is 9.59 Å². The van der Waals surface area contributed by atoms with Crippen LogP contribution in [0.4, 0.5) is 0 Å². The highest BCUT2D eigenvalue weighted by molar-refractivity contribution is 5.85. The summed E-state index contributed by atoms with van der Waals surface area (Å²) in [5.74, 6) is -0.288. The summed E-state index contributed by atoms with van der Waals surface area (Å²) in [7, 11) is 0. The highest BCUT2D eigenvalue weighted by Crippen LogP contribution is 2.29. The molecule has 2 amide bonds. The zero-order chi connectivity index (χ0) is 12.0. The molecule has 92 valence electrons. The Labute approximate surface area is 96.1 Å². The number of nitrogens with one attached hydrogen (secondary N) is 2. The molecule has 4 N–H and O–H groups in total. The van der Waals surface area contributed by atoms with Gasteiger partial charge in [-0.25, -0.2) is 0 Å². The van der Waals surface area contributed by atoms with E-state index in [1.165, 1.54) is 0 Å². The molecule has 0 aliphatic heterocycles. The summed E-state index contributed by atoms with van der Waals surface area (Å²) in [6.07, 6.45) is 4.33. The number of hydrogen-bond acceptors (Lipinski definition) is 3. The van der Waals surface area contributed by atoms with Crippen LogP contribution in [0.2, 0.25) is 0 Å². The van der Waals surface area contributed by atoms with Crippen molar-refractivity contribution < 1.29 is 9.59 Å². The van der Waals surface area contributed by atoms with E-state index < -0.39 is 0 Å². The molecule has 0 aromatic rings. The molecule has 0 atom stereocenters. The Morgan fingerprint density at radius 3 is 2.38 bits per heavy atom. The van der Waals surface area contributed by atoms with Gasteiger partial charge >= 0.3 is 0 Å². The lowest BCUT2D eigenvalue weighted by Crippen LogP contribution is -2.44. The second-order valence-corrected chi connectivity index (χ2v) is 4.48. The van der Waals surface area contributed by atoms with Crippen molar-refractivity contribution in [2.24, 2.45) is 5.73 Å². The number of nitrogens with two attached hydrogens (primary N) is 1. The van der Waals surface area contributed by atoms with E-state index in [1.54, 1.807) is 0 Å². The molecular formula is C11H21N3O2. The van der Waals surface area contributed by atoms with Crippen LogP contribution in [0.1, 0.15) is 39.0 Å². The maximum atomic E-state index is 11.5. The quantitative estimate of drug-likeness (QED) is 0.613. The second-order valence-electron chi connectivity index (χ2n) is 4.48. The second kappa shape index (κ2) is 5.84. The van der Waals surface area contributed by atoms with E-state index >= 15 is 0 Å². The van der Waals surface area contributed by atoms with Crippen LogP contribution in [0.15, 0.2) is 0 Å². The molecule has 0 saturated heterocycles. The average molecular weight is 227 g/mol. The lowest BCUT2D eigenvalue weighted by atomic mass is 9.94. The Morgan fingerprint density at radius 2 is 1.81 bits per heavy atom. The molecule has 16 heavy (non-hydrogen) atoms. The van der Waals surface area contributed by atoms with Crippen LogP contribution < -0.4 is 16.4 Å². The van der Waals surface area contributed by atoms with E-state index in [2.05, 4.69) is 10.6 Å². The lowest BCUT2D eigenvalue weighted by Gasteiger charge is -2.22. The molecule has 5 heteroatoms. The summed E-state index contributed by atoms with van der Waals surface area (Å²) in [5.41, 5.74) is 5.72. The maximum absolute atomic E-state index is 11.5. The fourth-order valence-electron chi connectivity index (χ4n) is 2.08. The smallest absolute Gasteiger partial charge is 0.239 e. The van der Waals surface area contributed by atoms with Gasteiger partial charge in [0.2, 0.25) is 11.8 Å². The number of hydrogen-bond donors (Lipinski definition) is 3. The van der Waals surface area contributed by atoms with Crippen LogP contribution >= 0.6 is 0 Å². The average Bonchev–Trinajstić information content (AvgIpc) is 2.62. The molecule has 0 aromatic heterocycles. The molecule has 1 saturated carbocycles. The molecule has 0 spiro atoms. The van der Waals surface area contributed by atoms with Crippen molar-refractivity contribution in [1.29, 1.82) is 0 Å². The highest BCUT2D eigenvalue weighted by Gasteiger charge is 2.31. The van der Waals surface area contributed by atoms with Gasteiger partial charge in [0, 0.05) is 18.5 Å². The van der Waals surface area contributed by atoms with Crippen LogP contribution in [0.25, 0.3) is 0 Å². The zero-order valence-corrected chi connectivity index (χ0v) is 9.84. The normalized spacial score (nSPS) is 18.1. The minimum absolute atomic E-state index is 0.0444. The third-order valence-electron chi connectivity index (χ3n) is 2.93. The van der Waals surface area contributed by atoms with Gasteiger partial charge < -0.3 is 16.4 Å². The third-order valence-corrected chi connectivity index (χ3v) is 2.93. The van der Waals surface area contributed by atoms with Crippen LogP contribution in [0.5, 0.6) is 0 Å². The van der Waals surface area contributed by atoms with Crippen molar-refractivity contribution in [2.75, 3.05) is 13.1 Å². The standard InChI is InChI=1S/C11H21N3O2/c1-2-13-10(16)8-14-9(15)7-11(12)5-3-4-6-11/h2-8,12H2,1H3,(H,13,16)(H,14,15). The summed E-state index contributed by atoms with van der Waals surface area (Å²) in [5, 5.41) is 5.21. The van der Waals surface area contributed by atoms with Crippen LogP contribution in [0, 0.1) is 0 Å². The summed E-state index contributed by atoms with van der Waals surface area (Å²) in [4.78, 5) is 22.6. The third kappa shape index (κ3) is 4.18. The van der Waals surface area contributed by atoms with Gasteiger partial charge in [-0.15, -0.1) is 0 Å². The molecule has 1 fully saturated rings. The SMILES string of the molecule is CCNC(=O)CNC(=O)CC1(N)CCCC1. The number of carbonyl (C=O) groups excluding carboxylic acids is 2. The first kappa shape index (κ1) is 13.0. The summed E-state index contributed by atoms with van der Waals surface area (Å²) in [6.45, 7) is 2.46. The molecule has 1 aliphatic rings. The Bertz CT molecular complexity index is 260. The highest BCUT2D eigenvalue weighted by atomic mass is 16.2. The van der Waals surface area contributed by atoms with E-state index in [1.807, 2.05) is 6.92 Å². The van der Waals surface area contributed by atoms with Gasteiger partial charge in [-0.2, -0.15) is 0 Å². The Hall–Kier alpha value is -1.10. The van der Waals surface area contributed by atoms with E-state index in [-0.39, 0.29) is 23.9 Å². The first-order valence-electron chi connectivity index (χ1n) is 5.88. The van der Waals surface area contributed by atoms with E-state index in [0.717, 1.165) is 25.7 Å².